The number of unbranched alkanes of at least 4 members (excludes halogenated alkanes) is 1. The zero-order chi connectivity index (χ0) is 12.9. The van der Waals surface area contributed by atoms with E-state index in [0.29, 0.717) is 0 Å². The Morgan fingerprint density at radius 1 is 1.24 bits per heavy atom. The van der Waals surface area contributed by atoms with Gasteiger partial charge in [-0.05, 0) is 24.1 Å². The second-order valence-electron chi connectivity index (χ2n) is 3.87. The standard InChI is InChI=1S/C12H16F3NO/c1-2-3-4-11(16)9-5-7-10(8-6-9)17-12(13,14)15/h5-8,11H,2-4,16H2,1H3/t11-/m1/s1. The quantitative estimate of drug-likeness (QED) is 0.859. The Balaban J connectivity index is 2.61. The maximum Gasteiger partial charge on any atom is 0.573 e. The zero-order valence-corrected chi connectivity index (χ0v) is 9.63. The minimum Gasteiger partial charge on any atom is -0.406 e. The molecule has 0 amide bonds. The second kappa shape index (κ2) is 5.91. The minimum absolute atomic E-state index is 0.130. The topological polar surface area (TPSA) is 35.2 Å². The summed E-state index contributed by atoms with van der Waals surface area (Å²) in [5.74, 6) is -0.219. The molecular formula is C12H16F3NO. The average molecular weight is 247 g/mol. The van der Waals surface area contributed by atoms with Crippen molar-refractivity contribution in [1.29, 1.82) is 0 Å². The molecule has 2 N–H and O–H groups in total. The first-order chi connectivity index (χ1) is 7.92. The molecule has 0 radical (unpaired) electrons. The molecule has 1 rings (SSSR count). The van der Waals surface area contributed by atoms with Crippen molar-refractivity contribution in [3.8, 4) is 5.75 Å². The van der Waals surface area contributed by atoms with Gasteiger partial charge in [0, 0.05) is 6.04 Å². The fourth-order valence-electron chi connectivity index (χ4n) is 1.51. The summed E-state index contributed by atoms with van der Waals surface area (Å²) in [7, 11) is 0. The molecule has 0 fully saturated rings. The lowest BCUT2D eigenvalue weighted by Crippen LogP contribution is -2.17. The smallest absolute Gasteiger partial charge is 0.406 e. The highest BCUT2D eigenvalue weighted by atomic mass is 19.4. The SMILES string of the molecule is CCCC[C@@H](N)c1ccc(OC(F)(F)F)cc1. The molecule has 0 saturated heterocycles. The van der Waals surface area contributed by atoms with E-state index in [1.165, 1.54) is 12.1 Å². The van der Waals surface area contributed by atoms with E-state index in [4.69, 9.17) is 5.73 Å². The maximum absolute atomic E-state index is 11.9. The lowest BCUT2D eigenvalue weighted by Gasteiger charge is -2.13. The second-order valence-corrected chi connectivity index (χ2v) is 3.87. The lowest BCUT2D eigenvalue weighted by atomic mass is 10.0. The summed E-state index contributed by atoms with van der Waals surface area (Å²) in [6.45, 7) is 2.06. The largest absolute Gasteiger partial charge is 0.573 e. The van der Waals surface area contributed by atoms with Gasteiger partial charge in [-0.1, -0.05) is 31.9 Å². The first kappa shape index (κ1) is 13.8. The van der Waals surface area contributed by atoms with Crippen molar-refractivity contribution in [3.63, 3.8) is 0 Å². The molecule has 5 heteroatoms. The molecule has 0 unspecified atom stereocenters. The van der Waals surface area contributed by atoms with Crippen LogP contribution in [0.25, 0.3) is 0 Å². The fourth-order valence-corrected chi connectivity index (χ4v) is 1.51. The number of nitrogens with two attached hydrogens (primary N) is 1. The molecule has 0 spiro atoms. The number of halogens is 3. The molecule has 17 heavy (non-hydrogen) atoms. The van der Waals surface area contributed by atoms with Crippen molar-refractivity contribution in [1.82, 2.24) is 0 Å². The summed E-state index contributed by atoms with van der Waals surface area (Å²) < 4.78 is 39.5. The Labute approximate surface area is 98.6 Å². The Kier molecular flexibility index (Phi) is 4.81. The van der Waals surface area contributed by atoms with Gasteiger partial charge in [-0.2, -0.15) is 0 Å². The van der Waals surface area contributed by atoms with Gasteiger partial charge in [-0.3, -0.25) is 0 Å². The monoisotopic (exact) mass is 247 g/mol. The molecule has 0 aromatic heterocycles. The predicted octanol–water partition coefficient (Wildman–Crippen LogP) is 3.78. The van der Waals surface area contributed by atoms with Gasteiger partial charge >= 0.3 is 6.36 Å². The molecule has 1 atom stereocenters. The van der Waals surface area contributed by atoms with E-state index in [2.05, 4.69) is 11.7 Å². The van der Waals surface area contributed by atoms with E-state index in [9.17, 15) is 13.2 Å². The number of hydrogen-bond donors (Lipinski definition) is 1. The maximum atomic E-state index is 11.9. The number of rotatable bonds is 5. The summed E-state index contributed by atoms with van der Waals surface area (Å²) in [6.07, 6.45) is -1.77. The molecule has 1 aromatic carbocycles. The first-order valence-corrected chi connectivity index (χ1v) is 5.53. The van der Waals surface area contributed by atoms with Gasteiger partial charge in [0.15, 0.2) is 0 Å². The van der Waals surface area contributed by atoms with Crippen LogP contribution in [0.2, 0.25) is 0 Å². The Morgan fingerprint density at radius 2 is 1.82 bits per heavy atom. The van der Waals surface area contributed by atoms with Crippen LogP contribution in [0.15, 0.2) is 24.3 Å². The van der Waals surface area contributed by atoms with Crippen molar-refractivity contribution in [3.05, 3.63) is 29.8 Å². The van der Waals surface area contributed by atoms with Crippen LogP contribution < -0.4 is 10.5 Å². The molecule has 0 aliphatic carbocycles. The van der Waals surface area contributed by atoms with E-state index >= 15 is 0 Å². The van der Waals surface area contributed by atoms with Crippen LogP contribution >= 0.6 is 0 Å². The van der Waals surface area contributed by atoms with Crippen molar-refractivity contribution in [2.75, 3.05) is 0 Å². The van der Waals surface area contributed by atoms with Gasteiger partial charge in [0.1, 0.15) is 5.75 Å². The van der Waals surface area contributed by atoms with Crippen molar-refractivity contribution in [2.45, 2.75) is 38.6 Å². The van der Waals surface area contributed by atoms with Crippen LogP contribution in [0.4, 0.5) is 13.2 Å². The fraction of sp³-hybridized carbons (Fsp3) is 0.500. The summed E-state index contributed by atoms with van der Waals surface area (Å²) in [5.41, 5.74) is 6.72. The lowest BCUT2D eigenvalue weighted by molar-refractivity contribution is -0.274. The van der Waals surface area contributed by atoms with Gasteiger partial charge < -0.3 is 10.5 Å². The zero-order valence-electron chi connectivity index (χ0n) is 9.63. The highest BCUT2D eigenvalue weighted by Crippen LogP contribution is 2.25. The number of alkyl halides is 3. The van der Waals surface area contributed by atoms with Crippen LogP contribution in [0.5, 0.6) is 5.75 Å². The summed E-state index contributed by atoms with van der Waals surface area (Å²) in [5, 5.41) is 0. The molecule has 96 valence electrons. The van der Waals surface area contributed by atoms with Crippen LogP contribution in [-0.4, -0.2) is 6.36 Å². The van der Waals surface area contributed by atoms with Crippen molar-refractivity contribution < 1.29 is 17.9 Å². The molecule has 2 nitrogen and oxygen atoms in total. The molecule has 0 aliphatic heterocycles. The minimum atomic E-state index is -4.65. The van der Waals surface area contributed by atoms with Gasteiger partial charge in [0.2, 0.25) is 0 Å². The third-order valence-corrected chi connectivity index (χ3v) is 2.41. The van der Waals surface area contributed by atoms with Crippen LogP contribution in [0.3, 0.4) is 0 Å². The highest BCUT2D eigenvalue weighted by Gasteiger charge is 2.30. The molecular weight excluding hydrogens is 231 g/mol. The van der Waals surface area contributed by atoms with Crippen LogP contribution in [0, 0.1) is 0 Å². The number of benzene rings is 1. The van der Waals surface area contributed by atoms with E-state index in [0.717, 1.165) is 24.8 Å². The van der Waals surface area contributed by atoms with E-state index in [1.54, 1.807) is 12.1 Å². The molecule has 1 aromatic rings. The summed E-state index contributed by atoms with van der Waals surface area (Å²) in [6, 6.07) is 5.58. The average Bonchev–Trinajstić information content (AvgIpc) is 2.24. The van der Waals surface area contributed by atoms with Crippen molar-refractivity contribution >= 4 is 0 Å². The van der Waals surface area contributed by atoms with E-state index in [1.807, 2.05) is 0 Å². The van der Waals surface area contributed by atoms with Crippen LogP contribution in [0.1, 0.15) is 37.8 Å². The summed E-state index contributed by atoms with van der Waals surface area (Å²) >= 11 is 0. The first-order valence-electron chi connectivity index (χ1n) is 5.53. The Hall–Kier alpha value is -1.23. The molecule has 0 aliphatic rings. The van der Waals surface area contributed by atoms with Gasteiger partial charge in [0.25, 0.3) is 0 Å². The summed E-state index contributed by atoms with van der Waals surface area (Å²) in [4.78, 5) is 0. The van der Waals surface area contributed by atoms with Gasteiger partial charge in [-0.25, -0.2) is 0 Å². The Bertz CT molecular complexity index is 335. The Morgan fingerprint density at radius 3 is 2.29 bits per heavy atom. The van der Waals surface area contributed by atoms with E-state index < -0.39 is 6.36 Å². The third-order valence-electron chi connectivity index (χ3n) is 2.41. The number of hydrogen-bond acceptors (Lipinski definition) is 2. The molecule has 0 heterocycles. The number of ether oxygens (including phenoxy) is 1. The normalized spacial score (nSPS) is 13.5. The predicted molar refractivity (Wildman–Crippen MR) is 59.6 cm³/mol. The van der Waals surface area contributed by atoms with Crippen molar-refractivity contribution in [2.24, 2.45) is 5.73 Å². The van der Waals surface area contributed by atoms with Gasteiger partial charge in [0.05, 0.1) is 0 Å². The van der Waals surface area contributed by atoms with E-state index in [-0.39, 0.29) is 11.8 Å². The van der Waals surface area contributed by atoms with Crippen LogP contribution in [-0.2, 0) is 0 Å². The molecule has 0 bridgehead atoms. The third kappa shape index (κ3) is 5.08. The molecule has 0 saturated carbocycles. The highest BCUT2D eigenvalue weighted by molar-refractivity contribution is 5.29. The van der Waals surface area contributed by atoms with Gasteiger partial charge in [-0.15, -0.1) is 13.2 Å².